The largest absolute Gasteiger partial charge is 0.376 e. The molecule has 0 saturated carbocycles. The minimum atomic E-state index is -0.116. The van der Waals surface area contributed by atoms with Gasteiger partial charge in [0.25, 0.3) is 0 Å². The lowest BCUT2D eigenvalue weighted by atomic mass is 10.1. The maximum Gasteiger partial charge on any atom is 0.228 e. The van der Waals surface area contributed by atoms with Gasteiger partial charge in [0.1, 0.15) is 0 Å². The van der Waals surface area contributed by atoms with Crippen LogP contribution >= 0.6 is 0 Å². The monoisotopic (exact) mass is 326 g/mol. The molecule has 1 aromatic carbocycles. The highest BCUT2D eigenvalue weighted by Crippen LogP contribution is 2.33. The normalized spacial score (nSPS) is 18.8. The molecule has 2 heterocycles. The van der Waals surface area contributed by atoms with Crippen molar-refractivity contribution in [3.8, 4) is 0 Å². The maximum absolute atomic E-state index is 12.8. The average molecular weight is 326 g/mol. The summed E-state index contributed by atoms with van der Waals surface area (Å²) in [6, 6.07) is 14.4. The first kappa shape index (κ1) is 16.8. The number of amides is 1. The van der Waals surface area contributed by atoms with Crippen molar-refractivity contribution in [2.45, 2.75) is 32.4 Å². The van der Waals surface area contributed by atoms with Gasteiger partial charge in [0, 0.05) is 25.5 Å². The zero-order valence-corrected chi connectivity index (χ0v) is 14.5. The van der Waals surface area contributed by atoms with Crippen molar-refractivity contribution in [2.24, 2.45) is 13.0 Å². The number of carbonyl (C=O) groups is 1. The van der Waals surface area contributed by atoms with Crippen LogP contribution in [-0.2, 0) is 23.2 Å². The molecular weight excluding hydrogens is 300 g/mol. The second-order valence-corrected chi connectivity index (χ2v) is 6.64. The van der Waals surface area contributed by atoms with Crippen LogP contribution in [0.5, 0.6) is 0 Å². The van der Waals surface area contributed by atoms with Crippen molar-refractivity contribution in [3.63, 3.8) is 0 Å². The molecule has 0 unspecified atom stereocenters. The molecular formula is C20H26N2O2. The van der Waals surface area contributed by atoms with E-state index in [-0.39, 0.29) is 17.9 Å². The Kier molecular flexibility index (Phi) is 5.36. The van der Waals surface area contributed by atoms with E-state index >= 15 is 0 Å². The third-order valence-corrected chi connectivity index (χ3v) is 4.76. The zero-order valence-electron chi connectivity index (χ0n) is 14.5. The highest BCUT2D eigenvalue weighted by atomic mass is 16.5. The van der Waals surface area contributed by atoms with Gasteiger partial charge in [-0.3, -0.25) is 4.79 Å². The predicted octanol–water partition coefficient (Wildman–Crippen LogP) is 3.54. The molecule has 1 aliphatic rings. The lowest BCUT2D eigenvalue weighted by Crippen LogP contribution is -2.36. The molecule has 0 N–H and O–H groups in total. The van der Waals surface area contributed by atoms with Crippen LogP contribution in [0.1, 0.15) is 37.1 Å². The van der Waals surface area contributed by atoms with Gasteiger partial charge in [-0.25, -0.2) is 0 Å². The Morgan fingerprint density at radius 1 is 1.25 bits per heavy atom. The molecule has 24 heavy (non-hydrogen) atoms. The molecule has 3 rings (SSSR count). The second-order valence-electron chi connectivity index (χ2n) is 6.64. The summed E-state index contributed by atoms with van der Waals surface area (Å²) in [5, 5.41) is 0. The fraction of sp³-hybridized carbons (Fsp3) is 0.450. The number of aryl methyl sites for hydroxylation is 1. The van der Waals surface area contributed by atoms with Gasteiger partial charge in [0.05, 0.1) is 25.2 Å². The molecule has 0 spiro atoms. The second kappa shape index (κ2) is 7.67. The molecule has 1 saturated heterocycles. The number of hydrogen-bond donors (Lipinski definition) is 0. The van der Waals surface area contributed by atoms with E-state index in [1.165, 1.54) is 5.69 Å². The third-order valence-electron chi connectivity index (χ3n) is 4.76. The van der Waals surface area contributed by atoms with E-state index in [0.717, 1.165) is 24.9 Å². The summed E-state index contributed by atoms with van der Waals surface area (Å²) in [7, 11) is 2.04. The quantitative estimate of drug-likeness (QED) is 0.814. The van der Waals surface area contributed by atoms with Crippen LogP contribution in [0.25, 0.3) is 0 Å². The Balaban J connectivity index is 1.55. The van der Waals surface area contributed by atoms with Gasteiger partial charge < -0.3 is 14.2 Å². The van der Waals surface area contributed by atoms with Crippen molar-refractivity contribution in [3.05, 3.63) is 59.9 Å². The standard InChI is InChI=1S/C20H26N2O2/c1-16(14-24-15-17-8-4-3-5-9-17)20(23)22-13-7-11-19(22)18-10-6-12-21(18)2/h3-6,8-10,12,16,19H,7,11,13-15H2,1-2H3/t16-,19-/m1/s1. The van der Waals surface area contributed by atoms with E-state index in [1.807, 2.05) is 61.5 Å². The Hall–Kier alpha value is -2.07. The summed E-state index contributed by atoms with van der Waals surface area (Å²) in [5.41, 5.74) is 2.36. The van der Waals surface area contributed by atoms with Gasteiger partial charge in [-0.15, -0.1) is 0 Å². The van der Waals surface area contributed by atoms with Crippen LogP contribution < -0.4 is 0 Å². The van der Waals surface area contributed by atoms with Gasteiger partial charge in [-0.1, -0.05) is 37.3 Å². The van der Waals surface area contributed by atoms with Crippen molar-refractivity contribution in [1.29, 1.82) is 0 Å². The number of rotatable bonds is 6. The molecule has 128 valence electrons. The van der Waals surface area contributed by atoms with Crippen LogP contribution in [0.3, 0.4) is 0 Å². The van der Waals surface area contributed by atoms with Crippen molar-refractivity contribution in [2.75, 3.05) is 13.2 Å². The van der Waals surface area contributed by atoms with Crippen LogP contribution in [0.4, 0.5) is 0 Å². The Bertz CT molecular complexity index is 665. The summed E-state index contributed by atoms with van der Waals surface area (Å²) in [4.78, 5) is 14.9. The van der Waals surface area contributed by atoms with Crippen LogP contribution in [0, 0.1) is 5.92 Å². The van der Waals surface area contributed by atoms with E-state index in [9.17, 15) is 4.79 Å². The van der Waals surface area contributed by atoms with E-state index in [4.69, 9.17) is 4.74 Å². The van der Waals surface area contributed by atoms with Gasteiger partial charge in [0.15, 0.2) is 0 Å². The highest BCUT2D eigenvalue weighted by Gasteiger charge is 2.33. The molecule has 1 amide bonds. The lowest BCUT2D eigenvalue weighted by molar-refractivity contribution is -0.138. The molecule has 1 aromatic heterocycles. The van der Waals surface area contributed by atoms with Crippen LogP contribution in [-0.4, -0.2) is 28.5 Å². The fourth-order valence-electron chi connectivity index (χ4n) is 3.44. The average Bonchev–Trinajstić information content (AvgIpc) is 3.23. The Labute approximate surface area is 144 Å². The number of carbonyl (C=O) groups excluding carboxylic acids is 1. The first-order valence-electron chi connectivity index (χ1n) is 8.70. The minimum absolute atomic E-state index is 0.116. The molecule has 4 nitrogen and oxygen atoms in total. The van der Waals surface area contributed by atoms with Gasteiger partial charge in [-0.05, 0) is 30.5 Å². The lowest BCUT2D eigenvalue weighted by Gasteiger charge is -2.28. The number of aromatic nitrogens is 1. The van der Waals surface area contributed by atoms with Crippen molar-refractivity contribution in [1.82, 2.24) is 9.47 Å². The zero-order chi connectivity index (χ0) is 16.9. The smallest absolute Gasteiger partial charge is 0.228 e. The Morgan fingerprint density at radius 2 is 2.04 bits per heavy atom. The highest BCUT2D eigenvalue weighted by molar-refractivity contribution is 5.79. The maximum atomic E-state index is 12.8. The minimum Gasteiger partial charge on any atom is -0.376 e. The van der Waals surface area contributed by atoms with Crippen molar-refractivity contribution >= 4 is 5.91 Å². The van der Waals surface area contributed by atoms with E-state index in [2.05, 4.69) is 10.6 Å². The molecule has 4 heteroatoms. The number of benzene rings is 1. The van der Waals surface area contributed by atoms with Crippen LogP contribution in [0.2, 0.25) is 0 Å². The first-order chi connectivity index (χ1) is 11.7. The van der Waals surface area contributed by atoms with E-state index in [0.29, 0.717) is 13.2 Å². The molecule has 0 radical (unpaired) electrons. The summed E-state index contributed by atoms with van der Waals surface area (Å²) in [6.07, 6.45) is 4.16. The number of likely N-dealkylation sites (tertiary alicyclic amines) is 1. The Morgan fingerprint density at radius 3 is 2.75 bits per heavy atom. The SMILES string of the molecule is C[C@H](COCc1ccccc1)C(=O)N1CCC[C@@H]1c1cccn1C. The van der Waals surface area contributed by atoms with E-state index < -0.39 is 0 Å². The summed E-state index contributed by atoms with van der Waals surface area (Å²) in [6.45, 7) is 3.83. The summed E-state index contributed by atoms with van der Waals surface area (Å²) >= 11 is 0. The summed E-state index contributed by atoms with van der Waals surface area (Å²) in [5.74, 6) is 0.0846. The fourth-order valence-corrected chi connectivity index (χ4v) is 3.44. The summed E-state index contributed by atoms with van der Waals surface area (Å²) < 4.78 is 7.88. The topological polar surface area (TPSA) is 34.5 Å². The first-order valence-corrected chi connectivity index (χ1v) is 8.70. The number of hydrogen-bond acceptors (Lipinski definition) is 2. The van der Waals surface area contributed by atoms with Gasteiger partial charge in [0.2, 0.25) is 5.91 Å². The predicted molar refractivity (Wildman–Crippen MR) is 94.4 cm³/mol. The van der Waals surface area contributed by atoms with E-state index in [1.54, 1.807) is 0 Å². The molecule has 1 aliphatic heterocycles. The van der Waals surface area contributed by atoms with Gasteiger partial charge in [-0.2, -0.15) is 0 Å². The molecule has 2 atom stereocenters. The number of nitrogens with zero attached hydrogens (tertiary/aromatic N) is 2. The molecule has 0 bridgehead atoms. The number of ether oxygens (including phenoxy) is 1. The van der Waals surface area contributed by atoms with Crippen LogP contribution in [0.15, 0.2) is 48.7 Å². The molecule has 2 aromatic rings. The third kappa shape index (κ3) is 3.70. The van der Waals surface area contributed by atoms with Gasteiger partial charge >= 0.3 is 0 Å². The van der Waals surface area contributed by atoms with Crippen molar-refractivity contribution < 1.29 is 9.53 Å². The molecule has 0 aliphatic carbocycles. The molecule has 1 fully saturated rings.